The standard InChI is InChI=1S/C28H54O5/c1-5-25(4)19-15-11-7-9-13-17-21-28(31)33-23-26(29)22-32-27(30)20-16-12-8-6-10-14-18-24(2)3/h24-26,29H,5-23H2,1-4H3/t25?,26-/m1/s1. The van der Waals surface area contributed by atoms with Gasteiger partial charge in [0.15, 0.2) is 0 Å². The first-order chi connectivity index (χ1) is 15.8. The van der Waals surface area contributed by atoms with Gasteiger partial charge in [0.25, 0.3) is 0 Å². The van der Waals surface area contributed by atoms with Crippen molar-refractivity contribution in [2.75, 3.05) is 13.2 Å². The Morgan fingerprint density at radius 2 is 1.03 bits per heavy atom. The van der Waals surface area contributed by atoms with E-state index in [1.807, 2.05) is 0 Å². The van der Waals surface area contributed by atoms with Crippen LogP contribution in [0, 0.1) is 11.8 Å². The minimum absolute atomic E-state index is 0.113. The summed E-state index contributed by atoms with van der Waals surface area (Å²) in [5, 5.41) is 9.87. The third-order valence-electron chi connectivity index (χ3n) is 6.31. The zero-order chi connectivity index (χ0) is 24.7. The van der Waals surface area contributed by atoms with E-state index in [0.717, 1.165) is 50.4 Å². The fraction of sp³-hybridized carbons (Fsp3) is 0.929. The highest BCUT2D eigenvalue weighted by Gasteiger charge is 2.12. The lowest BCUT2D eigenvalue weighted by molar-refractivity contribution is -0.152. The van der Waals surface area contributed by atoms with E-state index in [-0.39, 0.29) is 25.2 Å². The molecule has 5 heteroatoms. The van der Waals surface area contributed by atoms with Crippen LogP contribution >= 0.6 is 0 Å². The van der Waals surface area contributed by atoms with Crippen molar-refractivity contribution in [3.63, 3.8) is 0 Å². The van der Waals surface area contributed by atoms with Gasteiger partial charge in [0.2, 0.25) is 0 Å². The summed E-state index contributed by atoms with van der Waals surface area (Å²) in [4.78, 5) is 23.6. The molecule has 0 aliphatic carbocycles. The van der Waals surface area contributed by atoms with Gasteiger partial charge in [-0.3, -0.25) is 9.59 Å². The van der Waals surface area contributed by atoms with Crippen molar-refractivity contribution in [1.82, 2.24) is 0 Å². The van der Waals surface area contributed by atoms with E-state index in [4.69, 9.17) is 9.47 Å². The van der Waals surface area contributed by atoms with E-state index in [1.165, 1.54) is 57.8 Å². The number of carbonyl (C=O) groups excluding carboxylic acids is 2. The summed E-state index contributed by atoms with van der Waals surface area (Å²) < 4.78 is 10.2. The van der Waals surface area contributed by atoms with E-state index in [1.54, 1.807) is 0 Å². The molecule has 196 valence electrons. The van der Waals surface area contributed by atoms with E-state index < -0.39 is 6.10 Å². The monoisotopic (exact) mass is 470 g/mol. The summed E-state index contributed by atoms with van der Waals surface area (Å²) >= 11 is 0. The molecule has 0 rings (SSSR count). The molecule has 33 heavy (non-hydrogen) atoms. The minimum Gasteiger partial charge on any atom is -0.463 e. The summed E-state index contributed by atoms with van der Waals surface area (Å²) in [5.41, 5.74) is 0. The van der Waals surface area contributed by atoms with Gasteiger partial charge in [-0.05, 0) is 24.7 Å². The Morgan fingerprint density at radius 1 is 0.636 bits per heavy atom. The maximum atomic E-state index is 11.8. The van der Waals surface area contributed by atoms with Gasteiger partial charge in [0.05, 0.1) is 0 Å². The van der Waals surface area contributed by atoms with E-state index in [0.29, 0.717) is 12.8 Å². The van der Waals surface area contributed by atoms with Gasteiger partial charge < -0.3 is 14.6 Å². The summed E-state index contributed by atoms with van der Waals surface area (Å²) in [6.07, 6.45) is 17.3. The largest absolute Gasteiger partial charge is 0.463 e. The average Bonchev–Trinajstić information content (AvgIpc) is 2.79. The highest BCUT2D eigenvalue weighted by Crippen LogP contribution is 2.15. The van der Waals surface area contributed by atoms with Crippen LogP contribution in [0.3, 0.4) is 0 Å². The molecule has 0 spiro atoms. The van der Waals surface area contributed by atoms with Crippen LogP contribution < -0.4 is 0 Å². The number of aliphatic hydroxyl groups is 1. The van der Waals surface area contributed by atoms with Gasteiger partial charge >= 0.3 is 11.9 Å². The molecule has 1 N–H and O–H groups in total. The number of hydrogen-bond donors (Lipinski definition) is 1. The van der Waals surface area contributed by atoms with Crippen LogP contribution in [0.5, 0.6) is 0 Å². The minimum atomic E-state index is -0.954. The number of esters is 2. The predicted molar refractivity (Wildman–Crippen MR) is 136 cm³/mol. The lowest BCUT2D eigenvalue weighted by Gasteiger charge is -2.12. The molecule has 0 fully saturated rings. The lowest BCUT2D eigenvalue weighted by Crippen LogP contribution is -2.25. The van der Waals surface area contributed by atoms with E-state index in [9.17, 15) is 14.7 Å². The molecule has 0 aliphatic heterocycles. The van der Waals surface area contributed by atoms with Crippen molar-refractivity contribution < 1.29 is 24.2 Å². The summed E-state index contributed by atoms with van der Waals surface area (Å²) in [7, 11) is 0. The number of unbranched alkanes of at least 4 members (excludes halogenated alkanes) is 10. The van der Waals surface area contributed by atoms with Crippen molar-refractivity contribution >= 4 is 11.9 Å². The maximum absolute atomic E-state index is 11.8. The molecule has 0 heterocycles. The first-order valence-electron chi connectivity index (χ1n) is 13.8. The fourth-order valence-electron chi connectivity index (χ4n) is 3.77. The van der Waals surface area contributed by atoms with Gasteiger partial charge in [0, 0.05) is 12.8 Å². The Hall–Kier alpha value is -1.10. The quantitative estimate of drug-likeness (QED) is 0.125. The normalized spacial score (nSPS) is 13.2. The molecule has 0 aromatic carbocycles. The Balaban J connectivity index is 3.49. The van der Waals surface area contributed by atoms with Gasteiger partial charge in [-0.2, -0.15) is 0 Å². The number of aliphatic hydroxyl groups excluding tert-OH is 1. The number of hydrogen-bond acceptors (Lipinski definition) is 5. The predicted octanol–water partition coefficient (Wildman–Crippen LogP) is 7.38. The molecule has 1 unspecified atom stereocenters. The third kappa shape index (κ3) is 23.8. The number of carbonyl (C=O) groups is 2. The molecule has 0 saturated carbocycles. The summed E-state index contributed by atoms with van der Waals surface area (Å²) in [5.74, 6) is 1.04. The van der Waals surface area contributed by atoms with Crippen LogP contribution in [0.4, 0.5) is 0 Å². The lowest BCUT2D eigenvalue weighted by atomic mass is 10.00. The molecule has 5 nitrogen and oxygen atoms in total. The number of rotatable bonds is 23. The first-order valence-corrected chi connectivity index (χ1v) is 13.8. The second-order valence-corrected chi connectivity index (χ2v) is 10.2. The Morgan fingerprint density at radius 3 is 1.45 bits per heavy atom. The van der Waals surface area contributed by atoms with Crippen LogP contribution in [-0.4, -0.2) is 36.4 Å². The molecule has 0 saturated heterocycles. The second-order valence-electron chi connectivity index (χ2n) is 10.2. The second kappa shape index (κ2) is 22.7. The molecule has 0 bridgehead atoms. The van der Waals surface area contributed by atoms with Crippen molar-refractivity contribution in [3.8, 4) is 0 Å². The maximum Gasteiger partial charge on any atom is 0.305 e. The Labute approximate surface area is 204 Å². The van der Waals surface area contributed by atoms with Crippen molar-refractivity contribution in [2.45, 2.75) is 143 Å². The topological polar surface area (TPSA) is 72.8 Å². The third-order valence-corrected chi connectivity index (χ3v) is 6.31. The zero-order valence-electron chi connectivity index (χ0n) is 22.2. The van der Waals surface area contributed by atoms with Crippen LogP contribution in [0.1, 0.15) is 137 Å². The van der Waals surface area contributed by atoms with E-state index >= 15 is 0 Å². The van der Waals surface area contributed by atoms with Crippen LogP contribution in [0.2, 0.25) is 0 Å². The molecule has 2 atom stereocenters. The van der Waals surface area contributed by atoms with E-state index in [2.05, 4.69) is 27.7 Å². The Kier molecular flexibility index (Phi) is 21.9. The molecule has 0 aromatic heterocycles. The smallest absolute Gasteiger partial charge is 0.305 e. The van der Waals surface area contributed by atoms with Crippen LogP contribution in [0.25, 0.3) is 0 Å². The summed E-state index contributed by atoms with van der Waals surface area (Å²) in [6, 6.07) is 0. The highest BCUT2D eigenvalue weighted by atomic mass is 16.6. The molecule has 0 aromatic rings. The molecular weight excluding hydrogens is 416 g/mol. The molecule has 0 amide bonds. The highest BCUT2D eigenvalue weighted by molar-refractivity contribution is 5.69. The summed E-state index contributed by atoms with van der Waals surface area (Å²) in [6.45, 7) is 8.84. The van der Waals surface area contributed by atoms with Crippen molar-refractivity contribution in [1.29, 1.82) is 0 Å². The average molecular weight is 471 g/mol. The Bertz CT molecular complexity index is 463. The van der Waals surface area contributed by atoms with Gasteiger partial charge in [-0.1, -0.05) is 111 Å². The number of ether oxygens (including phenoxy) is 2. The van der Waals surface area contributed by atoms with Gasteiger partial charge in [-0.15, -0.1) is 0 Å². The molecule has 0 aliphatic rings. The van der Waals surface area contributed by atoms with Crippen LogP contribution in [0.15, 0.2) is 0 Å². The SMILES string of the molecule is CCC(C)CCCCCCCCC(=O)OC[C@H](O)COC(=O)CCCCCCCCC(C)C. The van der Waals surface area contributed by atoms with Gasteiger partial charge in [0.1, 0.15) is 19.3 Å². The zero-order valence-corrected chi connectivity index (χ0v) is 22.2. The van der Waals surface area contributed by atoms with Crippen molar-refractivity contribution in [2.24, 2.45) is 11.8 Å². The van der Waals surface area contributed by atoms with Gasteiger partial charge in [-0.25, -0.2) is 0 Å². The van der Waals surface area contributed by atoms with Crippen LogP contribution in [-0.2, 0) is 19.1 Å². The first kappa shape index (κ1) is 31.9. The molecule has 0 radical (unpaired) electrons. The molecular formula is C28H54O5. The van der Waals surface area contributed by atoms with Crippen molar-refractivity contribution in [3.05, 3.63) is 0 Å². The fourth-order valence-corrected chi connectivity index (χ4v) is 3.77.